The number of ether oxygens (including phenoxy) is 2. The Balaban J connectivity index is 1.74. The van der Waals surface area contributed by atoms with E-state index in [2.05, 4.69) is 10.6 Å². The Bertz CT molecular complexity index is 939. The summed E-state index contributed by atoms with van der Waals surface area (Å²) in [6.45, 7) is 2.98. The van der Waals surface area contributed by atoms with Gasteiger partial charge in [-0.2, -0.15) is 0 Å². The molecule has 0 unspecified atom stereocenters. The van der Waals surface area contributed by atoms with Crippen LogP contribution >= 0.6 is 0 Å². The molecule has 1 heterocycles. The molecule has 0 radical (unpaired) electrons. The molecule has 1 aliphatic heterocycles. The molecular weight excluding hydrogens is 360 g/mol. The van der Waals surface area contributed by atoms with Gasteiger partial charge in [0.1, 0.15) is 0 Å². The lowest BCUT2D eigenvalue weighted by atomic mass is 10.0. The van der Waals surface area contributed by atoms with Crippen LogP contribution in [-0.2, 0) is 19.1 Å². The van der Waals surface area contributed by atoms with Gasteiger partial charge in [0.2, 0.25) is 0 Å². The third-order valence-corrected chi connectivity index (χ3v) is 4.07. The number of hydrogen-bond donors (Lipinski definition) is 2. The fourth-order valence-electron chi connectivity index (χ4n) is 2.68. The van der Waals surface area contributed by atoms with Gasteiger partial charge < -0.3 is 20.1 Å². The predicted octanol–water partition coefficient (Wildman–Crippen LogP) is 2.85. The molecule has 7 nitrogen and oxygen atoms in total. The Labute approximate surface area is 162 Å². The van der Waals surface area contributed by atoms with Crippen LogP contribution in [0.4, 0.5) is 5.69 Å². The van der Waals surface area contributed by atoms with Gasteiger partial charge in [-0.05, 0) is 35.4 Å². The highest BCUT2D eigenvalue weighted by molar-refractivity contribution is 6.15. The number of anilines is 1. The first-order chi connectivity index (χ1) is 13.3. The van der Waals surface area contributed by atoms with E-state index in [1.165, 1.54) is 20.0 Å². The number of hydrogen-bond acceptors (Lipinski definition) is 6. The minimum atomic E-state index is -1.27. The summed E-state index contributed by atoms with van der Waals surface area (Å²) in [5.41, 5.74) is 2.85. The third kappa shape index (κ3) is 4.20. The minimum absolute atomic E-state index is 0.152. The van der Waals surface area contributed by atoms with Crippen LogP contribution in [0.1, 0.15) is 24.2 Å². The van der Waals surface area contributed by atoms with E-state index in [0.29, 0.717) is 11.3 Å². The van der Waals surface area contributed by atoms with Crippen LogP contribution in [-0.4, -0.2) is 30.7 Å². The molecule has 1 aliphatic rings. The molecule has 1 saturated heterocycles. The lowest BCUT2D eigenvalue weighted by Crippen LogP contribution is -2.42. The van der Waals surface area contributed by atoms with E-state index in [-0.39, 0.29) is 11.5 Å². The number of carbonyl (C=O) groups excluding carboxylic acids is 3. The Morgan fingerprint density at radius 2 is 1.61 bits per heavy atom. The maximum absolute atomic E-state index is 11.9. The Kier molecular flexibility index (Phi) is 5.17. The van der Waals surface area contributed by atoms with Crippen molar-refractivity contribution in [2.45, 2.75) is 19.6 Å². The lowest BCUT2D eigenvalue weighted by molar-refractivity contribution is -0.222. The zero-order valence-electron chi connectivity index (χ0n) is 15.7. The molecule has 0 aliphatic carbocycles. The Morgan fingerprint density at radius 3 is 2.21 bits per heavy atom. The second-order valence-corrected chi connectivity index (χ2v) is 6.62. The van der Waals surface area contributed by atoms with Crippen molar-refractivity contribution in [3.63, 3.8) is 0 Å². The zero-order valence-corrected chi connectivity index (χ0v) is 15.7. The van der Waals surface area contributed by atoms with E-state index in [1.54, 1.807) is 31.3 Å². The highest BCUT2D eigenvalue weighted by Gasteiger charge is 2.38. The van der Waals surface area contributed by atoms with Gasteiger partial charge >= 0.3 is 11.9 Å². The summed E-state index contributed by atoms with van der Waals surface area (Å²) in [6, 6.07) is 14.6. The molecule has 0 saturated carbocycles. The van der Waals surface area contributed by atoms with Crippen LogP contribution in [0.2, 0.25) is 0 Å². The topological polar surface area (TPSA) is 93.7 Å². The first kappa shape index (κ1) is 19.2. The third-order valence-electron chi connectivity index (χ3n) is 4.07. The number of esters is 2. The SMILES string of the molecule is CNC(=O)c1cccc(-c2ccc(NC=C3C(=O)OC(C)(C)OC3=O)cc2)c1. The van der Waals surface area contributed by atoms with E-state index in [9.17, 15) is 14.4 Å². The van der Waals surface area contributed by atoms with E-state index in [1.807, 2.05) is 24.3 Å². The average molecular weight is 380 g/mol. The highest BCUT2D eigenvalue weighted by Crippen LogP contribution is 2.24. The van der Waals surface area contributed by atoms with Crippen LogP contribution in [0.5, 0.6) is 0 Å². The maximum atomic E-state index is 11.9. The number of benzene rings is 2. The second kappa shape index (κ2) is 7.56. The summed E-state index contributed by atoms with van der Waals surface area (Å²) < 4.78 is 10.1. The Hall–Kier alpha value is -3.61. The van der Waals surface area contributed by atoms with Crippen molar-refractivity contribution >= 4 is 23.5 Å². The monoisotopic (exact) mass is 380 g/mol. The van der Waals surface area contributed by atoms with Crippen LogP contribution in [0.3, 0.4) is 0 Å². The fraction of sp³-hybridized carbons (Fsp3) is 0.190. The van der Waals surface area contributed by atoms with E-state index < -0.39 is 17.7 Å². The molecule has 2 N–H and O–H groups in total. The average Bonchev–Trinajstić information content (AvgIpc) is 2.66. The van der Waals surface area contributed by atoms with Gasteiger partial charge in [-0.1, -0.05) is 24.3 Å². The number of amides is 1. The zero-order chi connectivity index (χ0) is 20.3. The number of cyclic esters (lactones) is 2. The van der Waals surface area contributed by atoms with Crippen molar-refractivity contribution in [3.8, 4) is 11.1 Å². The molecule has 7 heteroatoms. The van der Waals surface area contributed by atoms with Crippen molar-refractivity contribution in [1.29, 1.82) is 0 Å². The van der Waals surface area contributed by atoms with E-state index in [4.69, 9.17) is 9.47 Å². The fourth-order valence-corrected chi connectivity index (χ4v) is 2.68. The summed E-state index contributed by atoms with van der Waals surface area (Å²) >= 11 is 0. The molecule has 28 heavy (non-hydrogen) atoms. The molecule has 144 valence electrons. The van der Waals surface area contributed by atoms with Crippen molar-refractivity contribution in [1.82, 2.24) is 5.32 Å². The normalized spacial score (nSPS) is 15.3. The van der Waals surface area contributed by atoms with Gasteiger partial charge in [0.15, 0.2) is 5.57 Å². The summed E-state index contributed by atoms with van der Waals surface area (Å²) in [5.74, 6) is -2.90. The van der Waals surface area contributed by atoms with E-state index in [0.717, 1.165) is 11.1 Å². The molecule has 3 rings (SSSR count). The lowest BCUT2D eigenvalue weighted by Gasteiger charge is -2.29. The van der Waals surface area contributed by atoms with Gasteiger partial charge in [0.05, 0.1) is 0 Å². The van der Waals surface area contributed by atoms with Crippen LogP contribution < -0.4 is 10.6 Å². The smallest absolute Gasteiger partial charge is 0.350 e. The van der Waals surface area contributed by atoms with E-state index >= 15 is 0 Å². The largest absolute Gasteiger partial charge is 0.419 e. The molecular formula is C21H20N2O5. The summed E-state index contributed by atoms with van der Waals surface area (Å²) in [6.07, 6.45) is 1.27. The predicted molar refractivity (Wildman–Crippen MR) is 103 cm³/mol. The number of carbonyl (C=O) groups is 3. The summed E-state index contributed by atoms with van der Waals surface area (Å²) in [4.78, 5) is 35.6. The quantitative estimate of drug-likeness (QED) is 0.481. The van der Waals surface area contributed by atoms with Crippen LogP contribution in [0.25, 0.3) is 11.1 Å². The molecule has 0 bridgehead atoms. The summed E-state index contributed by atoms with van der Waals surface area (Å²) in [7, 11) is 1.59. The minimum Gasteiger partial charge on any atom is -0.419 e. The Morgan fingerprint density at radius 1 is 0.964 bits per heavy atom. The standard InChI is InChI=1S/C21H20N2O5/c1-21(2)27-19(25)17(20(26)28-21)12-23-16-9-7-13(8-10-16)14-5-4-6-15(11-14)18(24)22-3/h4-12,23H,1-3H3,(H,22,24). The van der Waals surface area contributed by atoms with Crippen LogP contribution in [0, 0.1) is 0 Å². The van der Waals surface area contributed by atoms with Gasteiger partial charge in [-0.3, -0.25) is 4.79 Å². The molecule has 1 amide bonds. The molecule has 0 aromatic heterocycles. The molecule has 2 aromatic carbocycles. The highest BCUT2D eigenvalue weighted by atomic mass is 16.7. The summed E-state index contributed by atoms with van der Waals surface area (Å²) in [5, 5.41) is 5.49. The molecule has 0 spiro atoms. The van der Waals surface area contributed by atoms with Gasteiger partial charge in [-0.15, -0.1) is 0 Å². The van der Waals surface area contributed by atoms with Crippen molar-refractivity contribution in [2.24, 2.45) is 0 Å². The van der Waals surface area contributed by atoms with Crippen molar-refractivity contribution < 1.29 is 23.9 Å². The van der Waals surface area contributed by atoms with Crippen LogP contribution in [0.15, 0.2) is 60.3 Å². The van der Waals surface area contributed by atoms with Gasteiger partial charge in [0.25, 0.3) is 11.7 Å². The second-order valence-electron chi connectivity index (χ2n) is 6.62. The molecule has 1 fully saturated rings. The first-order valence-corrected chi connectivity index (χ1v) is 8.65. The van der Waals surface area contributed by atoms with Gasteiger partial charge in [0, 0.05) is 38.3 Å². The number of nitrogens with one attached hydrogen (secondary N) is 2. The van der Waals surface area contributed by atoms with Gasteiger partial charge in [-0.25, -0.2) is 9.59 Å². The maximum Gasteiger partial charge on any atom is 0.350 e. The first-order valence-electron chi connectivity index (χ1n) is 8.65. The number of rotatable bonds is 4. The van der Waals surface area contributed by atoms with Crippen molar-refractivity contribution in [2.75, 3.05) is 12.4 Å². The molecule has 0 atom stereocenters. The van der Waals surface area contributed by atoms with Crippen molar-refractivity contribution in [3.05, 3.63) is 65.9 Å². The molecule has 2 aromatic rings.